The van der Waals surface area contributed by atoms with Crippen LogP contribution in [0.5, 0.6) is 5.75 Å². The lowest BCUT2D eigenvalue weighted by Gasteiger charge is -1.79. The third-order valence-electron chi connectivity index (χ3n) is 1.45. The Morgan fingerprint density at radius 3 is 2.23 bits per heavy atom. The molecule has 0 aromatic carbocycles. The van der Waals surface area contributed by atoms with Gasteiger partial charge in [0.15, 0.2) is 0 Å². The van der Waals surface area contributed by atoms with Crippen molar-refractivity contribution >= 4 is 33.1 Å². The summed E-state index contributed by atoms with van der Waals surface area (Å²) in [4.78, 5) is 0. The molecule has 2 bridgehead atoms. The number of fused-ring (bicyclic) bond motifs is 2. The second-order valence-electron chi connectivity index (χ2n) is 2.52. The fourth-order valence-electron chi connectivity index (χ4n) is 0.774. The Kier molecular flexibility index (Phi) is 5.79. The highest BCUT2D eigenvalue weighted by Gasteiger charge is 2.00. The summed E-state index contributed by atoms with van der Waals surface area (Å²) < 4.78 is 2.14. The normalized spacial score (nSPS) is 9.08. The van der Waals surface area contributed by atoms with Crippen molar-refractivity contribution in [2.45, 2.75) is 13.3 Å². The van der Waals surface area contributed by atoms with E-state index < -0.39 is 0 Å². The molecule has 0 aliphatic carbocycles. The van der Waals surface area contributed by atoms with Crippen LogP contribution in [0.1, 0.15) is 13.3 Å². The molecule has 0 amide bonds. The number of aromatic hydroxyl groups is 1. The van der Waals surface area contributed by atoms with Crippen molar-refractivity contribution in [1.29, 1.82) is 0 Å². The number of rotatable bonds is 1. The fourth-order valence-corrected chi connectivity index (χ4v) is 1.63. The molecule has 13 heavy (non-hydrogen) atoms. The maximum absolute atomic E-state index is 8.95. The number of nitrogens with two attached hydrogens (primary N) is 1. The molecule has 0 saturated carbocycles. The number of phenols is 1. The molecular formula is C9H14ClNOS. The van der Waals surface area contributed by atoms with Gasteiger partial charge in [0.25, 0.3) is 0 Å². The lowest BCUT2D eigenvalue weighted by atomic mass is 10.3. The maximum atomic E-state index is 8.95. The predicted molar refractivity (Wildman–Crippen MR) is 61.3 cm³/mol. The van der Waals surface area contributed by atoms with Crippen molar-refractivity contribution in [2.24, 2.45) is 5.73 Å². The van der Waals surface area contributed by atoms with E-state index in [1.54, 1.807) is 17.4 Å². The predicted octanol–water partition coefficient (Wildman–Crippen LogP) is 2.82. The summed E-state index contributed by atoms with van der Waals surface area (Å²) >= 11 is 1.62. The molecule has 2 aromatic heterocycles. The van der Waals surface area contributed by atoms with Crippen LogP contribution in [0.3, 0.4) is 0 Å². The van der Waals surface area contributed by atoms with Gasteiger partial charge in [-0.05, 0) is 31.2 Å². The second-order valence-corrected chi connectivity index (χ2v) is 3.64. The van der Waals surface area contributed by atoms with Crippen LogP contribution < -0.4 is 5.73 Å². The zero-order valence-corrected chi connectivity index (χ0v) is 9.12. The van der Waals surface area contributed by atoms with Crippen LogP contribution >= 0.6 is 23.7 Å². The van der Waals surface area contributed by atoms with Gasteiger partial charge in [0.1, 0.15) is 5.75 Å². The molecule has 2 heterocycles. The lowest BCUT2D eigenvalue weighted by Crippen LogP contribution is -1.93. The van der Waals surface area contributed by atoms with Crippen molar-refractivity contribution in [3.8, 4) is 5.75 Å². The largest absolute Gasteiger partial charge is 0.506 e. The minimum absolute atomic E-state index is 0. The molecule has 2 aromatic rings. The Hall–Kier alpha value is -0.510. The smallest absolute Gasteiger partial charge is 0.134 e. The standard InChI is InChI=1S/C6H4OS.C3H9N.ClH/c7-5-3-4-1-2-6(5)8-4;1-2-3-4;/h1-3,7H;2-4H2,1H3;1H. The molecule has 2 nitrogen and oxygen atoms in total. The molecule has 0 radical (unpaired) electrons. The number of hydrogen-bond acceptors (Lipinski definition) is 3. The van der Waals surface area contributed by atoms with Crippen LogP contribution in [-0.2, 0) is 0 Å². The van der Waals surface area contributed by atoms with E-state index in [1.165, 1.54) is 0 Å². The van der Waals surface area contributed by atoms with Crippen molar-refractivity contribution in [3.63, 3.8) is 0 Å². The van der Waals surface area contributed by atoms with Crippen LogP contribution in [0, 0.1) is 0 Å². The monoisotopic (exact) mass is 219 g/mol. The third-order valence-corrected chi connectivity index (χ3v) is 2.50. The summed E-state index contributed by atoms with van der Waals surface area (Å²) in [7, 11) is 0. The highest BCUT2D eigenvalue weighted by molar-refractivity contribution is 7.24. The number of thiophene rings is 2. The molecule has 0 atom stereocenters. The van der Waals surface area contributed by atoms with Gasteiger partial charge < -0.3 is 10.8 Å². The van der Waals surface area contributed by atoms with E-state index in [0.29, 0.717) is 5.75 Å². The summed E-state index contributed by atoms with van der Waals surface area (Å²) in [5.41, 5.74) is 5.03. The van der Waals surface area contributed by atoms with Gasteiger partial charge in [-0.3, -0.25) is 0 Å². The molecule has 0 aliphatic rings. The summed E-state index contributed by atoms with van der Waals surface area (Å²) in [6, 6.07) is 5.70. The second kappa shape index (κ2) is 6.02. The van der Waals surface area contributed by atoms with Gasteiger partial charge in [0.2, 0.25) is 0 Å². The van der Waals surface area contributed by atoms with E-state index in [9.17, 15) is 0 Å². The van der Waals surface area contributed by atoms with E-state index in [4.69, 9.17) is 10.8 Å². The summed E-state index contributed by atoms with van der Waals surface area (Å²) in [6.45, 7) is 2.88. The van der Waals surface area contributed by atoms with Gasteiger partial charge >= 0.3 is 0 Å². The zero-order valence-electron chi connectivity index (χ0n) is 7.49. The Labute approximate surface area is 88.1 Å². The Balaban J connectivity index is 0.000000256. The first-order valence-corrected chi connectivity index (χ1v) is 4.80. The Bertz CT molecular complexity index is 321. The van der Waals surface area contributed by atoms with Gasteiger partial charge in [-0.2, -0.15) is 0 Å². The number of benzene rings is 1. The molecule has 74 valence electrons. The SMILES string of the molecule is CCCN.Cl.Oc1cc2ccc1s2. The molecule has 3 N–H and O–H groups in total. The van der Waals surface area contributed by atoms with Crippen molar-refractivity contribution in [3.05, 3.63) is 18.2 Å². The average Bonchev–Trinajstić information content (AvgIpc) is 2.65. The summed E-state index contributed by atoms with van der Waals surface area (Å²) in [5.74, 6) is 0.424. The van der Waals surface area contributed by atoms with Crippen LogP contribution in [0.2, 0.25) is 0 Å². The number of halogens is 1. The van der Waals surface area contributed by atoms with Gasteiger partial charge in [0.05, 0.1) is 4.70 Å². The Morgan fingerprint density at radius 1 is 1.46 bits per heavy atom. The average molecular weight is 220 g/mol. The first-order valence-electron chi connectivity index (χ1n) is 3.99. The van der Waals surface area contributed by atoms with Gasteiger partial charge in [-0.1, -0.05) is 6.92 Å². The molecule has 2 rings (SSSR count). The molecule has 0 aliphatic heterocycles. The third kappa shape index (κ3) is 3.38. The molecule has 0 saturated heterocycles. The Morgan fingerprint density at radius 2 is 2.08 bits per heavy atom. The zero-order chi connectivity index (χ0) is 8.97. The number of phenolic OH excluding ortho intramolecular Hbond substituents is 1. The van der Waals surface area contributed by atoms with Crippen molar-refractivity contribution in [2.75, 3.05) is 6.54 Å². The molecule has 4 heteroatoms. The minimum Gasteiger partial charge on any atom is -0.506 e. The summed E-state index contributed by atoms with van der Waals surface area (Å²) in [6.07, 6.45) is 1.10. The van der Waals surface area contributed by atoms with Gasteiger partial charge in [0, 0.05) is 4.70 Å². The van der Waals surface area contributed by atoms with Gasteiger partial charge in [-0.25, -0.2) is 0 Å². The van der Waals surface area contributed by atoms with Gasteiger partial charge in [-0.15, -0.1) is 23.7 Å². The van der Waals surface area contributed by atoms with Crippen molar-refractivity contribution in [1.82, 2.24) is 0 Å². The number of hydrogen-bond donors (Lipinski definition) is 2. The van der Waals surface area contributed by atoms with Crippen LogP contribution in [0.25, 0.3) is 9.40 Å². The lowest BCUT2D eigenvalue weighted by molar-refractivity contribution is 0.483. The van der Waals surface area contributed by atoms with E-state index in [1.807, 2.05) is 12.1 Å². The quantitative estimate of drug-likeness (QED) is 0.775. The molecule has 0 fully saturated rings. The van der Waals surface area contributed by atoms with E-state index in [0.717, 1.165) is 22.4 Å². The summed E-state index contributed by atoms with van der Waals surface area (Å²) in [5, 5.41) is 8.95. The van der Waals surface area contributed by atoms with Crippen molar-refractivity contribution < 1.29 is 5.11 Å². The maximum Gasteiger partial charge on any atom is 0.134 e. The minimum atomic E-state index is 0. The highest BCUT2D eigenvalue weighted by atomic mass is 35.5. The molecule has 0 spiro atoms. The van der Waals surface area contributed by atoms with E-state index in [-0.39, 0.29) is 12.4 Å². The first kappa shape index (κ1) is 12.5. The molecule has 0 unspecified atom stereocenters. The van der Waals surface area contributed by atoms with Crippen LogP contribution in [0.4, 0.5) is 0 Å². The van der Waals surface area contributed by atoms with E-state index >= 15 is 0 Å². The van der Waals surface area contributed by atoms with Crippen LogP contribution in [0.15, 0.2) is 18.2 Å². The highest BCUT2D eigenvalue weighted by Crippen LogP contribution is 2.32. The van der Waals surface area contributed by atoms with Crippen LogP contribution in [-0.4, -0.2) is 11.7 Å². The first-order chi connectivity index (χ1) is 5.77. The molecular weight excluding hydrogens is 206 g/mol. The fraction of sp³-hybridized carbons (Fsp3) is 0.333. The van der Waals surface area contributed by atoms with E-state index in [2.05, 4.69) is 6.92 Å². The topological polar surface area (TPSA) is 46.2 Å².